The number of hydrogen-bond donors (Lipinski definition) is 0. The Morgan fingerprint density at radius 2 is 2.15 bits per heavy atom. The summed E-state index contributed by atoms with van der Waals surface area (Å²) in [4.78, 5) is 15.2. The second kappa shape index (κ2) is 7.68. The van der Waals surface area contributed by atoms with Crippen LogP contribution in [0.2, 0.25) is 0 Å². The Balaban J connectivity index is 1.53. The molecule has 0 fully saturated rings. The number of carbonyl (C=O) groups excluding carboxylic acids is 1. The molecular weight excluding hydrogens is 388 g/mol. The van der Waals surface area contributed by atoms with Gasteiger partial charge in [0.25, 0.3) is 5.91 Å². The van der Waals surface area contributed by atoms with Gasteiger partial charge in [0.2, 0.25) is 5.16 Å². The molecule has 7 nitrogen and oxygen atoms in total. The Labute approximate surface area is 162 Å². The summed E-state index contributed by atoms with van der Waals surface area (Å²) < 4.78 is 1.68. The first-order valence-corrected chi connectivity index (χ1v) is 10.9. The predicted octanol–water partition coefficient (Wildman–Crippen LogP) is 3.29. The van der Waals surface area contributed by atoms with E-state index in [1.54, 1.807) is 32.4 Å². The lowest BCUT2D eigenvalue weighted by atomic mass is 10.1. The molecule has 10 heteroatoms. The SMILES string of the molecule is CCn1nnnc1SCC(=O)N1N=C(c2cccs2)CC1c1cccs1. The van der Waals surface area contributed by atoms with E-state index in [1.807, 2.05) is 35.9 Å². The summed E-state index contributed by atoms with van der Waals surface area (Å²) >= 11 is 4.65. The van der Waals surface area contributed by atoms with Crippen LogP contribution in [0.15, 0.2) is 45.3 Å². The Bertz CT molecular complexity index is 902. The van der Waals surface area contributed by atoms with E-state index in [4.69, 9.17) is 0 Å². The maximum atomic E-state index is 12.9. The minimum absolute atomic E-state index is 0.0365. The van der Waals surface area contributed by atoms with Crippen LogP contribution in [0.1, 0.15) is 29.1 Å². The van der Waals surface area contributed by atoms with Gasteiger partial charge in [-0.05, 0) is 40.2 Å². The van der Waals surface area contributed by atoms with Crippen molar-refractivity contribution in [3.63, 3.8) is 0 Å². The maximum absolute atomic E-state index is 12.9. The minimum atomic E-state index is -0.0395. The summed E-state index contributed by atoms with van der Waals surface area (Å²) in [5, 5.41) is 22.5. The van der Waals surface area contributed by atoms with Crippen molar-refractivity contribution < 1.29 is 4.79 Å². The molecule has 1 atom stereocenters. The zero-order chi connectivity index (χ0) is 17.9. The largest absolute Gasteiger partial charge is 0.272 e. The van der Waals surface area contributed by atoms with E-state index in [2.05, 4.69) is 26.7 Å². The normalized spacial score (nSPS) is 16.9. The van der Waals surface area contributed by atoms with Gasteiger partial charge in [0.15, 0.2) is 0 Å². The third-order valence-corrected chi connectivity index (χ3v) is 6.80. The van der Waals surface area contributed by atoms with Gasteiger partial charge in [0, 0.05) is 17.8 Å². The van der Waals surface area contributed by atoms with Crippen LogP contribution in [0.4, 0.5) is 0 Å². The minimum Gasteiger partial charge on any atom is -0.272 e. The fraction of sp³-hybridized carbons (Fsp3) is 0.312. The maximum Gasteiger partial charge on any atom is 0.253 e. The van der Waals surface area contributed by atoms with Gasteiger partial charge in [-0.15, -0.1) is 27.8 Å². The molecule has 0 saturated heterocycles. The lowest BCUT2D eigenvalue weighted by Gasteiger charge is -2.20. The number of hydrazone groups is 1. The Hall–Kier alpha value is -2.04. The van der Waals surface area contributed by atoms with Crippen LogP contribution >= 0.6 is 34.4 Å². The number of aryl methyl sites for hydroxylation is 1. The van der Waals surface area contributed by atoms with E-state index < -0.39 is 0 Å². The molecular formula is C16H16N6OS3. The fourth-order valence-corrected chi connectivity index (χ4v) is 5.05. The predicted molar refractivity (Wildman–Crippen MR) is 104 cm³/mol. The van der Waals surface area contributed by atoms with Gasteiger partial charge in [-0.3, -0.25) is 4.79 Å². The van der Waals surface area contributed by atoms with E-state index in [0.29, 0.717) is 11.7 Å². The third kappa shape index (κ3) is 3.44. The molecule has 26 heavy (non-hydrogen) atoms. The quantitative estimate of drug-likeness (QED) is 0.589. The fourth-order valence-electron chi connectivity index (χ4n) is 2.73. The number of aromatic nitrogens is 4. The van der Waals surface area contributed by atoms with Gasteiger partial charge < -0.3 is 0 Å². The van der Waals surface area contributed by atoms with E-state index in [-0.39, 0.29) is 17.7 Å². The van der Waals surface area contributed by atoms with Gasteiger partial charge in [0.1, 0.15) is 0 Å². The van der Waals surface area contributed by atoms with Gasteiger partial charge in [0.05, 0.1) is 22.4 Å². The molecule has 0 radical (unpaired) electrons. The lowest BCUT2D eigenvalue weighted by molar-refractivity contribution is -0.130. The summed E-state index contributed by atoms with van der Waals surface area (Å²) in [7, 11) is 0. The molecule has 1 aliphatic heterocycles. The molecule has 0 spiro atoms. The van der Waals surface area contributed by atoms with Crippen molar-refractivity contribution in [2.24, 2.45) is 5.10 Å². The molecule has 1 amide bonds. The zero-order valence-electron chi connectivity index (χ0n) is 14.0. The highest BCUT2D eigenvalue weighted by molar-refractivity contribution is 7.99. The van der Waals surface area contributed by atoms with E-state index in [1.165, 1.54) is 11.8 Å². The van der Waals surface area contributed by atoms with Gasteiger partial charge >= 0.3 is 0 Å². The van der Waals surface area contributed by atoms with Crippen LogP contribution in [0.25, 0.3) is 0 Å². The molecule has 1 unspecified atom stereocenters. The number of rotatable bonds is 6. The molecule has 3 aromatic rings. The number of amides is 1. The summed E-state index contributed by atoms with van der Waals surface area (Å²) in [5.74, 6) is 0.217. The molecule has 0 saturated carbocycles. The lowest BCUT2D eigenvalue weighted by Crippen LogP contribution is -2.28. The molecule has 1 aliphatic rings. The number of tetrazole rings is 1. The van der Waals surface area contributed by atoms with Crippen LogP contribution in [-0.4, -0.2) is 42.6 Å². The summed E-state index contributed by atoms with van der Waals surface area (Å²) in [6.07, 6.45) is 0.740. The Morgan fingerprint density at radius 1 is 1.31 bits per heavy atom. The highest BCUT2D eigenvalue weighted by Gasteiger charge is 2.34. The zero-order valence-corrected chi connectivity index (χ0v) is 16.4. The van der Waals surface area contributed by atoms with Gasteiger partial charge in [-0.1, -0.05) is 23.9 Å². The first kappa shape index (κ1) is 17.4. The van der Waals surface area contributed by atoms with Crippen LogP contribution in [0.3, 0.4) is 0 Å². The number of carbonyl (C=O) groups is 1. The third-order valence-electron chi connectivity index (χ3n) is 3.97. The standard InChI is InChI=1S/C16H16N6OS3/c1-2-21-16(17-19-20-21)26-10-15(23)22-12(14-6-4-8-25-14)9-11(18-22)13-5-3-7-24-13/h3-8,12H,2,9-10H2,1H3. The smallest absolute Gasteiger partial charge is 0.253 e. The molecule has 3 aromatic heterocycles. The highest BCUT2D eigenvalue weighted by Crippen LogP contribution is 2.36. The van der Waals surface area contributed by atoms with Crippen molar-refractivity contribution in [2.45, 2.75) is 31.1 Å². The topological polar surface area (TPSA) is 76.3 Å². The van der Waals surface area contributed by atoms with Crippen LogP contribution < -0.4 is 0 Å². The van der Waals surface area contributed by atoms with E-state index in [9.17, 15) is 4.79 Å². The van der Waals surface area contributed by atoms with Gasteiger partial charge in [-0.2, -0.15) is 5.10 Å². The molecule has 0 aliphatic carbocycles. The second-order valence-electron chi connectivity index (χ2n) is 5.56. The van der Waals surface area contributed by atoms with Crippen molar-refractivity contribution >= 4 is 46.1 Å². The van der Waals surface area contributed by atoms with Crippen molar-refractivity contribution in [1.82, 2.24) is 25.2 Å². The average Bonchev–Trinajstić information content (AvgIpc) is 3.45. The van der Waals surface area contributed by atoms with E-state index >= 15 is 0 Å². The van der Waals surface area contributed by atoms with E-state index in [0.717, 1.165) is 21.9 Å². The molecule has 4 rings (SSSR count). The number of thiophene rings is 2. The first-order chi connectivity index (χ1) is 12.8. The van der Waals surface area contributed by atoms with Crippen LogP contribution in [0.5, 0.6) is 0 Å². The summed E-state index contributed by atoms with van der Waals surface area (Å²) in [5.41, 5.74) is 0.968. The van der Waals surface area contributed by atoms with Crippen molar-refractivity contribution in [3.05, 3.63) is 44.8 Å². The molecule has 0 bridgehead atoms. The van der Waals surface area contributed by atoms with Crippen molar-refractivity contribution in [1.29, 1.82) is 0 Å². The summed E-state index contributed by atoms with van der Waals surface area (Å²) in [6, 6.07) is 8.09. The number of nitrogens with zero attached hydrogens (tertiary/aromatic N) is 6. The highest BCUT2D eigenvalue weighted by atomic mass is 32.2. The Kier molecular flexibility index (Phi) is 5.14. The summed E-state index contributed by atoms with van der Waals surface area (Å²) in [6.45, 7) is 2.64. The number of thioether (sulfide) groups is 1. The second-order valence-corrected chi connectivity index (χ2v) is 8.43. The number of hydrogen-bond acceptors (Lipinski definition) is 8. The molecule has 134 valence electrons. The molecule has 4 heterocycles. The molecule has 0 aromatic carbocycles. The van der Waals surface area contributed by atoms with Crippen molar-refractivity contribution in [2.75, 3.05) is 5.75 Å². The average molecular weight is 405 g/mol. The van der Waals surface area contributed by atoms with Crippen molar-refractivity contribution in [3.8, 4) is 0 Å². The van der Waals surface area contributed by atoms with Gasteiger partial charge in [-0.25, -0.2) is 9.69 Å². The first-order valence-electron chi connectivity index (χ1n) is 8.12. The monoisotopic (exact) mass is 404 g/mol. The van der Waals surface area contributed by atoms with Crippen LogP contribution in [0, 0.1) is 0 Å². The van der Waals surface area contributed by atoms with Crippen LogP contribution in [-0.2, 0) is 11.3 Å². The Morgan fingerprint density at radius 3 is 2.88 bits per heavy atom. The molecule has 0 N–H and O–H groups in total.